The molecule has 0 bridgehead atoms. The molecule has 360 valence electrons. The van der Waals surface area contributed by atoms with Crippen LogP contribution in [-0.4, -0.2) is 89.6 Å². The van der Waals surface area contributed by atoms with Crippen molar-refractivity contribution in [3.05, 3.63) is 60.8 Å². The number of carbonyl (C=O) groups is 1. The van der Waals surface area contributed by atoms with Crippen molar-refractivity contribution in [1.29, 1.82) is 0 Å². The molecule has 6 unspecified atom stereocenters. The predicted molar refractivity (Wildman–Crippen MR) is 256 cm³/mol. The molecule has 1 saturated heterocycles. The lowest BCUT2D eigenvalue weighted by molar-refractivity contribution is -0.305. The largest absolute Gasteiger partial charge is 0.457 e. The van der Waals surface area contributed by atoms with E-state index in [1.54, 1.807) is 6.08 Å². The van der Waals surface area contributed by atoms with Crippen molar-refractivity contribution in [3.8, 4) is 0 Å². The number of hydrogen-bond donors (Lipinski definition) is 4. The van der Waals surface area contributed by atoms with Crippen LogP contribution in [0.5, 0.6) is 0 Å². The standard InChI is InChI=1S/C53H94O9/c1-3-5-7-9-11-13-15-17-19-20-21-22-23-24-25-26-27-29-31-33-35-37-39-41-43-59-45-47(46-60-53-52(58)51(57)50(56)48(44-54)62-53)61-49(55)42-40-38-36-34-32-30-28-18-16-14-12-10-8-6-4-2/h6,8,12,14,18,28,32,34,38,40,47-48,50-54,56-58H,3-5,7,9-11,13,15-17,19-27,29-31,33,35-37,39,41-46H2,1-2H3/b8-6-,14-12-,28-18-,34-32-,40-38-. The van der Waals surface area contributed by atoms with Gasteiger partial charge in [0.05, 0.1) is 26.2 Å². The summed E-state index contributed by atoms with van der Waals surface area (Å²) in [6.07, 6.45) is 50.1. The number of aliphatic hydroxyl groups is 4. The Labute approximate surface area is 379 Å². The molecule has 1 rings (SSSR count). The first-order valence-electron chi connectivity index (χ1n) is 25.4. The summed E-state index contributed by atoms with van der Waals surface area (Å²) in [5, 5.41) is 40.2. The summed E-state index contributed by atoms with van der Waals surface area (Å²) in [5.41, 5.74) is 0. The molecule has 0 saturated carbocycles. The zero-order valence-electron chi connectivity index (χ0n) is 39.6. The number of hydrogen-bond acceptors (Lipinski definition) is 9. The van der Waals surface area contributed by atoms with Crippen LogP contribution >= 0.6 is 0 Å². The smallest absolute Gasteiger partial charge is 0.310 e. The molecule has 9 heteroatoms. The van der Waals surface area contributed by atoms with E-state index in [0.29, 0.717) is 13.0 Å². The Morgan fingerprint density at radius 3 is 1.34 bits per heavy atom. The maximum absolute atomic E-state index is 12.7. The van der Waals surface area contributed by atoms with E-state index in [2.05, 4.69) is 62.5 Å². The molecule has 0 radical (unpaired) electrons. The van der Waals surface area contributed by atoms with Crippen molar-refractivity contribution in [2.75, 3.05) is 26.4 Å². The number of rotatable bonds is 43. The third-order valence-corrected chi connectivity index (χ3v) is 11.5. The molecular weight excluding hydrogens is 781 g/mol. The highest BCUT2D eigenvalue weighted by atomic mass is 16.7. The van der Waals surface area contributed by atoms with Gasteiger partial charge < -0.3 is 39.4 Å². The molecule has 0 amide bonds. The first-order chi connectivity index (χ1) is 30.4. The Hall–Kier alpha value is -2.11. The molecule has 1 aliphatic heterocycles. The molecule has 0 spiro atoms. The summed E-state index contributed by atoms with van der Waals surface area (Å²) >= 11 is 0. The van der Waals surface area contributed by atoms with Gasteiger partial charge in [0.15, 0.2) is 6.29 Å². The molecule has 1 fully saturated rings. The molecular formula is C53H94O9. The monoisotopic (exact) mass is 875 g/mol. The van der Waals surface area contributed by atoms with Crippen molar-refractivity contribution in [2.45, 2.75) is 243 Å². The topological polar surface area (TPSA) is 135 Å². The van der Waals surface area contributed by atoms with Gasteiger partial charge in [0.25, 0.3) is 0 Å². The molecule has 0 aromatic rings. The summed E-state index contributed by atoms with van der Waals surface area (Å²) in [6.45, 7) is 4.35. The van der Waals surface area contributed by atoms with E-state index in [4.69, 9.17) is 18.9 Å². The van der Waals surface area contributed by atoms with Gasteiger partial charge in [-0.3, -0.25) is 4.79 Å². The second-order valence-corrected chi connectivity index (χ2v) is 17.3. The van der Waals surface area contributed by atoms with Crippen molar-refractivity contribution in [1.82, 2.24) is 0 Å². The third kappa shape index (κ3) is 34.3. The van der Waals surface area contributed by atoms with E-state index in [9.17, 15) is 25.2 Å². The highest BCUT2D eigenvalue weighted by Gasteiger charge is 2.44. The number of unbranched alkanes of at least 4 members (excludes halogenated alkanes) is 23. The van der Waals surface area contributed by atoms with Gasteiger partial charge in [-0.25, -0.2) is 0 Å². The van der Waals surface area contributed by atoms with Crippen LogP contribution in [0, 0.1) is 0 Å². The summed E-state index contributed by atoms with van der Waals surface area (Å²) in [4.78, 5) is 12.7. The number of carbonyl (C=O) groups excluding carboxylic acids is 1. The van der Waals surface area contributed by atoms with Crippen LogP contribution in [0.25, 0.3) is 0 Å². The van der Waals surface area contributed by atoms with Crippen LogP contribution in [-0.2, 0) is 23.7 Å². The molecule has 0 aromatic heterocycles. The van der Waals surface area contributed by atoms with Gasteiger partial charge >= 0.3 is 5.97 Å². The minimum atomic E-state index is -1.55. The molecule has 1 heterocycles. The summed E-state index contributed by atoms with van der Waals surface area (Å²) in [5.74, 6) is -0.438. The van der Waals surface area contributed by atoms with Crippen molar-refractivity contribution < 1.29 is 44.2 Å². The first kappa shape index (κ1) is 57.9. The van der Waals surface area contributed by atoms with Crippen LogP contribution in [0.3, 0.4) is 0 Å². The average Bonchev–Trinajstić information content (AvgIpc) is 3.27. The van der Waals surface area contributed by atoms with Gasteiger partial charge in [0.1, 0.15) is 30.5 Å². The zero-order valence-corrected chi connectivity index (χ0v) is 39.6. The minimum absolute atomic E-state index is 0.0869. The minimum Gasteiger partial charge on any atom is -0.457 e. The SMILES string of the molecule is CC/C=C\C/C=C\C/C=C\C/C=C\C/C=C\CC(=O)OC(COCCCCCCCCCCCCCCCCCCCCCCCCCC)COC1OC(CO)C(O)C(O)C1O. The van der Waals surface area contributed by atoms with Crippen molar-refractivity contribution >= 4 is 5.97 Å². The molecule has 4 N–H and O–H groups in total. The van der Waals surface area contributed by atoms with E-state index < -0.39 is 49.4 Å². The molecule has 0 aliphatic carbocycles. The Morgan fingerprint density at radius 2 is 0.919 bits per heavy atom. The fourth-order valence-electron chi connectivity index (χ4n) is 7.57. The number of allylic oxidation sites excluding steroid dienone is 9. The van der Waals surface area contributed by atoms with E-state index in [1.807, 2.05) is 6.08 Å². The van der Waals surface area contributed by atoms with E-state index in [-0.39, 0.29) is 19.6 Å². The normalized spacial score (nSPS) is 20.3. The number of ether oxygens (including phenoxy) is 4. The fourth-order valence-corrected chi connectivity index (χ4v) is 7.57. The summed E-state index contributed by atoms with van der Waals surface area (Å²) < 4.78 is 22.7. The average molecular weight is 875 g/mol. The highest BCUT2D eigenvalue weighted by molar-refractivity contribution is 5.71. The van der Waals surface area contributed by atoms with Crippen LogP contribution in [0.2, 0.25) is 0 Å². The number of aliphatic hydroxyl groups excluding tert-OH is 4. The fraction of sp³-hybridized carbons (Fsp3) is 0.792. The maximum Gasteiger partial charge on any atom is 0.310 e. The second-order valence-electron chi connectivity index (χ2n) is 17.3. The van der Waals surface area contributed by atoms with Gasteiger partial charge in [0, 0.05) is 6.61 Å². The van der Waals surface area contributed by atoms with Gasteiger partial charge in [-0.1, -0.05) is 222 Å². The third-order valence-electron chi connectivity index (χ3n) is 11.5. The van der Waals surface area contributed by atoms with Crippen LogP contribution in [0.1, 0.15) is 206 Å². The van der Waals surface area contributed by atoms with Gasteiger partial charge in [-0.05, 0) is 38.5 Å². The molecule has 0 aromatic carbocycles. The summed E-state index contributed by atoms with van der Waals surface area (Å²) in [6, 6.07) is 0. The Kier molecular flexibility index (Phi) is 41.2. The maximum atomic E-state index is 12.7. The van der Waals surface area contributed by atoms with Crippen LogP contribution in [0.4, 0.5) is 0 Å². The van der Waals surface area contributed by atoms with E-state index in [1.165, 1.54) is 141 Å². The van der Waals surface area contributed by atoms with E-state index >= 15 is 0 Å². The van der Waals surface area contributed by atoms with Gasteiger partial charge in [0.2, 0.25) is 0 Å². The molecule has 9 nitrogen and oxygen atoms in total. The lowest BCUT2D eigenvalue weighted by atomic mass is 9.99. The van der Waals surface area contributed by atoms with E-state index in [0.717, 1.165) is 38.5 Å². The van der Waals surface area contributed by atoms with Crippen molar-refractivity contribution in [3.63, 3.8) is 0 Å². The predicted octanol–water partition coefficient (Wildman–Crippen LogP) is 12.3. The van der Waals surface area contributed by atoms with Crippen LogP contribution < -0.4 is 0 Å². The molecule has 62 heavy (non-hydrogen) atoms. The van der Waals surface area contributed by atoms with Crippen molar-refractivity contribution in [2.24, 2.45) is 0 Å². The highest BCUT2D eigenvalue weighted by Crippen LogP contribution is 2.23. The Balaban J connectivity index is 2.21. The number of esters is 1. The first-order valence-corrected chi connectivity index (χ1v) is 25.4. The zero-order chi connectivity index (χ0) is 45.0. The van der Waals surface area contributed by atoms with Gasteiger partial charge in [-0.2, -0.15) is 0 Å². The lowest BCUT2D eigenvalue weighted by Crippen LogP contribution is -2.59. The van der Waals surface area contributed by atoms with Gasteiger partial charge in [-0.15, -0.1) is 0 Å². The Bertz CT molecular complexity index is 1130. The second kappa shape index (κ2) is 44.1. The molecule has 6 atom stereocenters. The Morgan fingerprint density at radius 1 is 0.516 bits per heavy atom. The summed E-state index contributed by atoms with van der Waals surface area (Å²) in [7, 11) is 0. The quantitative estimate of drug-likeness (QED) is 0.0268. The van der Waals surface area contributed by atoms with Crippen LogP contribution in [0.15, 0.2) is 60.8 Å². The lowest BCUT2D eigenvalue weighted by Gasteiger charge is -2.39. The molecule has 1 aliphatic rings.